The number of hydrazine groups is 1. The highest BCUT2D eigenvalue weighted by atomic mass is 19.1. The molecule has 2 heterocycles. The van der Waals surface area contributed by atoms with Crippen LogP contribution in [-0.4, -0.2) is 84.2 Å². The van der Waals surface area contributed by atoms with Gasteiger partial charge >= 0.3 is 6.03 Å². The van der Waals surface area contributed by atoms with E-state index in [1.165, 1.54) is 16.0 Å². The zero-order valence-corrected chi connectivity index (χ0v) is 20.4. The molecule has 35 heavy (non-hydrogen) atoms. The average Bonchev–Trinajstić information content (AvgIpc) is 2.82. The second-order valence-electron chi connectivity index (χ2n) is 8.41. The summed E-state index contributed by atoms with van der Waals surface area (Å²) < 4.78 is 18.2. The summed E-state index contributed by atoms with van der Waals surface area (Å²) in [4.78, 5) is 41.8. The maximum absolute atomic E-state index is 13.2. The molecule has 0 spiro atoms. The minimum atomic E-state index is -0.642. The molecule has 1 unspecified atom stereocenters. The smallest absolute Gasteiger partial charge is 0.334 e. The van der Waals surface area contributed by atoms with Gasteiger partial charge in [0, 0.05) is 20.1 Å². The molecule has 2 aliphatic rings. The van der Waals surface area contributed by atoms with Gasteiger partial charge in [0.25, 0.3) is 0 Å². The number of hydrogen-bond acceptors (Lipinski definition) is 5. The predicted molar refractivity (Wildman–Crippen MR) is 130 cm³/mol. The molecule has 0 saturated carbocycles. The summed E-state index contributed by atoms with van der Waals surface area (Å²) in [5.74, 6) is -0.253. The Hall–Kier alpha value is -3.66. The Morgan fingerprint density at radius 3 is 2.54 bits per heavy atom. The van der Waals surface area contributed by atoms with Crippen molar-refractivity contribution in [2.45, 2.75) is 26.1 Å². The highest BCUT2D eigenvalue weighted by Gasteiger charge is 2.45. The van der Waals surface area contributed by atoms with E-state index in [0.29, 0.717) is 13.0 Å². The topological polar surface area (TPSA) is 85.4 Å². The zero-order valence-electron chi connectivity index (χ0n) is 20.4. The van der Waals surface area contributed by atoms with E-state index in [1.807, 2.05) is 37.3 Å². The SMILES string of the molecule is C=C(F)/C=C\C(=C/CC)CNC(=O)N1C2CN(Cc3ccc(OC)cc3)C(=O)CN2C(=O)CN1C. The molecule has 9 nitrogen and oxygen atoms in total. The maximum atomic E-state index is 13.2. The van der Waals surface area contributed by atoms with Crippen molar-refractivity contribution in [2.75, 3.05) is 40.3 Å². The van der Waals surface area contributed by atoms with E-state index in [2.05, 4.69) is 11.9 Å². The molecule has 2 saturated heterocycles. The van der Waals surface area contributed by atoms with Crippen molar-refractivity contribution in [1.29, 1.82) is 0 Å². The molecule has 2 aliphatic heterocycles. The number of fused-ring (bicyclic) bond motifs is 1. The van der Waals surface area contributed by atoms with Crippen LogP contribution < -0.4 is 10.1 Å². The Morgan fingerprint density at radius 1 is 1.20 bits per heavy atom. The first-order valence-corrected chi connectivity index (χ1v) is 11.4. The van der Waals surface area contributed by atoms with E-state index in [0.717, 1.165) is 16.9 Å². The van der Waals surface area contributed by atoms with E-state index in [1.54, 1.807) is 30.1 Å². The maximum Gasteiger partial charge on any atom is 0.334 e. The van der Waals surface area contributed by atoms with Crippen LogP contribution in [-0.2, 0) is 16.1 Å². The molecule has 0 bridgehead atoms. The lowest BCUT2D eigenvalue weighted by molar-refractivity contribution is -0.178. The number of hydrogen-bond donors (Lipinski definition) is 1. The number of methoxy groups -OCH3 is 1. The molecule has 0 radical (unpaired) electrons. The highest BCUT2D eigenvalue weighted by Crippen LogP contribution is 2.23. The predicted octanol–water partition coefficient (Wildman–Crippen LogP) is 2.44. The Morgan fingerprint density at radius 2 is 1.91 bits per heavy atom. The molecular weight excluding hydrogens is 453 g/mol. The van der Waals surface area contributed by atoms with Crippen LogP contribution in [0.2, 0.25) is 0 Å². The molecule has 1 N–H and O–H groups in total. The fourth-order valence-corrected chi connectivity index (χ4v) is 4.11. The molecule has 3 rings (SSSR count). The van der Waals surface area contributed by atoms with Gasteiger partial charge in [0.15, 0.2) is 0 Å². The van der Waals surface area contributed by atoms with E-state index >= 15 is 0 Å². The number of benzene rings is 1. The number of amides is 4. The third-order valence-electron chi connectivity index (χ3n) is 5.87. The summed E-state index contributed by atoms with van der Waals surface area (Å²) in [6.07, 6.45) is 4.76. The van der Waals surface area contributed by atoms with Crippen molar-refractivity contribution in [3.8, 4) is 5.75 Å². The third kappa shape index (κ3) is 6.48. The Labute approximate surface area is 205 Å². The molecular formula is C25H32FN5O4. The standard InChI is InChI=1S/C25H32FN5O4/c1-5-6-19(8-7-18(2)26)13-27-25(34)31-22-15-29(14-20-9-11-21(35-4)12-10-20)23(32)17-30(22)24(33)16-28(31)3/h6-12,22H,2,5,13-17H2,1,3-4H3,(H,27,34)/b8-7-,19-6+. The highest BCUT2D eigenvalue weighted by molar-refractivity contribution is 5.89. The molecule has 188 valence electrons. The fraction of sp³-hybridized carbons (Fsp3) is 0.400. The van der Waals surface area contributed by atoms with Gasteiger partial charge in [-0.25, -0.2) is 19.2 Å². The number of ether oxygens (including phenoxy) is 1. The minimum Gasteiger partial charge on any atom is -0.497 e. The number of halogens is 1. The quantitative estimate of drug-likeness (QED) is 0.572. The van der Waals surface area contributed by atoms with Crippen LogP contribution in [0.5, 0.6) is 5.75 Å². The van der Waals surface area contributed by atoms with Gasteiger partial charge < -0.3 is 19.9 Å². The number of urea groups is 1. The first-order valence-electron chi connectivity index (χ1n) is 11.4. The fourth-order valence-electron chi connectivity index (χ4n) is 4.11. The van der Waals surface area contributed by atoms with E-state index in [4.69, 9.17) is 4.74 Å². The van der Waals surface area contributed by atoms with Crippen molar-refractivity contribution in [3.05, 3.63) is 66.0 Å². The number of allylic oxidation sites excluding steroid dienone is 3. The van der Waals surface area contributed by atoms with Crippen LogP contribution in [0.4, 0.5) is 9.18 Å². The van der Waals surface area contributed by atoms with Gasteiger partial charge in [-0.05, 0) is 35.8 Å². The van der Waals surface area contributed by atoms with E-state index in [-0.39, 0.29) is 38.0 Å². The van der Waals surface area contributed by atoms with Crippen molar-refractivity contribution in [3.63, 3.8) is 0 Å². The Kier molecular flexibility index (Phi) is 8.64. The van der Waals surface area contributed by atoms with Gasteiger partial charge in [-0.15, -0.1) is 0 Å². The van der Waals surface area contributed by atoms with Gasteiger partial charge in [0.05, 0.1) is 20.2 Å². The molecule has 0 aromatic heterocycles. The van der Waals surface area contributed by atoms with Crippen molar-refractivity contribution >= 4 is 17.8 Å². The van der Waals surface area contributed by atoms with Crippen LogP contribution in [0.15, 0.2) is 60.5 Å². The number of carbonyl (C=O) groups is 3. The second-order valence-corrected chi connectivity index (χ2v) is 8.41. The number of carbonyl (C=O) groups excluding carboxylic acids is 3. The first kappa shape index (κ1) is 26.0. The number of nitrogens with one attached hydrogen (secondary N) is 1. The van der Waals surface area contributed by atoms with E-state index < -0.39 is 18.0 Å². The summed E-state index contributed by atoms with van der Waals surface area (Å²) in [5.41, 5.74) is 1.64. The largest absolute Gasteiger partial charge is 0.497 e. The van der Waals surface area contributed by atoms with Crippen molar-refractivity contribution < 1.29 is 23.5 Å². The van der Waals surface area contributed by atoms with Gasteiger partial charge in [-0.2, -0.15) is 0 Å². The van der Waals surface area contributed by atoms with Gasteiger partial charge in [0.2, 0.25) is 11.8 Å². The van der Waals surface area contributed by atoms with Gasteiger partial charge in [0.1, 0.15) is 24.3 Å². The lowest BCUT2D eigenvalue weighted by Crippen LogP contribution is -2.73. The normalized spacial score (nSPS) is 19.3. The van der Waals surface area contributed by atoms with Crippen molar-refractivity contribution in [2.24, 2.45) is 0 Å². The lowest BCUT2D eigenvalue weighted by atomic mass is 10.1. The van der Waals surface area contributed by atoms with Crippen LogP contribution in [0, 0.1) is 0 Å². The number of piperazine rings is 1. The van der Waals surface area contributed by atoms with Gasteiger partial charge in [-0.3, -0.25) is 9.59 Å². The monoisotopic (exact) mass is 485 g/mol. The van der Waals surface area contributed by atoms with Crippen LogP contribution in [0.1, 0.15) is 18.9 Å². The summed E-state index contributed by atoms with van der Waals surface area (Å²) in [6.45, 7) is 5.74. The molecule has 10 heteroatoms. The van der Waals surface area contributed by atoms with E-state index in [9.17, 15) is 18.8 Å². The molecule has 1 aromatic carbocycles. The first-order chi connectivity index (χ1) is 16.7. The zero-order chi connectivity index (χ0) is 25.5. The summed E-state index contributed by atoms with van der Waals surface area (Å²) in [7, 11) is 3.25. The number of nitrogens with zero attached hydrogens (tertiary/aromatic N) is 4. The molecule has 4 amide bonds. The number of likely N-dealkylation sites (N-methyl/N-ethyl adjacent to an activating group) is 1. The Balaban J connectivity index is 1.74. The third-order valence-corrected chi connectivity index (χ3v) is 5.87. The molecule has 1 aromatic rings. The lowest BCUT2D eigenvalue weighted by Gasteiger charge is -2.51. The molecule has 2 fully saturated rings. The van der Waals surface area contributed by atoms with Crippen LogP contribution in [0.25, 0.3) is 0 Å². The summed E-state index contributed by atoms with van der Waals surface area (Å²) in [5, 5.41) is 5.87. The van der Waals surface area contributed by atoms with Gasteiger partial charge in [-0.1, -0.05) is 37.8 Å². The summed E-state index contributed by atoms with van der Waals surface area (Å²) in [6, 6.07) is 6.98. The Bertz CT molecular complexity index is 1020. The average molecular weight is 486 g/mol. The molecule has 0 aliphatic carbocycles. The minimum absolute atomic E-state index is 0.0189. The van der Waals surface area contributed by atoms with Crippen molar-refractivity contribution in [1.82, 2.24) is 25.1 Å². The number of rotatable bonds is 8. The summed E-state index contributed by atoms with van der Waals surface area (Å²) >= 11 is 0. The van der Waals surface area contributed by atoms with Crippen LogP contribution in [0.3, 0.4) is 0 Å². The van der Waals surface area contributed by atoms with Crippen LogP contribution >= 0.6 is 0 Å². The second kappa shape index (κ2) is 11.7. The molecule has 1 atom stereocenters.